The highest BCUT2D eigenvalue weighted by Gasteiger charge is 2.00. The Balaban J connectivity index is 2.06. The first-order chi connectivity index (χ1) is 8.19. The van der Waals surface area contributed by atoms with Crippen LogP contribution in [0.2, 0.25) is 0 Å². The van der Waals surface area contributed by atoms with Crippen molar-refractivity contribution < 1.29 is 0 Å². The number of aromatic nitrogens is 2. The number of rotatable bonds is 4. The maximum absolute atomic E-state index is 4.14. The molecule has 4 heteroatoms. The van der Waals surface area contributed by atoms with Gasteiger partial charge in [0.15, 0.2) is 0 Å². The molecule has 1 heterocycles. The summed E-state index contributed by atoms with van der Waals surface area (Å²) >= 11 is 2.32. The monoisotopic (exact) mass is 339 g/mol. The second-order valence-corrected chi connectivity index (χ2v) is 5.07. The zero-order chi connectivity index (χ0) is 12.3. The molecular formula is C13H14IN3. The maximum Gasteiger partial charge on any atom is 0.0543 e. The zero-order valence-corrected chi connectivity index (χ0v) is 11.8. The van der Waals surface area contributed by atoms with E-state index in [4.69, 9.17) is 0 Å². The summed E-state index contributed by atoms with van der Waals surface area (Å²) in [6, 6.07) is 6.38. The maximum atomic E-state index is 4.14. The molecule has 17 heavy (non-hydrogen) atoms. The van der Waals surface area contributed by atoms with Crippen LogP contribution in [0.5, 0.6) is 0 Å². The fourth-order valence-corrected chi connectivity index (χ4v) is 2.04. The lowest BCUT2D eigenvalue weighted by Gasteiger charge is -2.08. The third-order valence-electron chi connectivity index (χ3n) is 2.52. The smallest absolute Gasteiger partial charge is 0.0543 e. The summed E-state index contributed by atoms with van der Waals surface area (Å²) < 4.78 is 2.94. The van der Waals surface area contributed by atoms with Gasteiger partial charge in [0.05, 0.1) is 6.20 Å². The number of nitrogens with zero attached hydrogens (tertiary/aromatic N) is 2. The van der Waals surface area contributed by atoms with Gasteiger partial charge in [0.25, 0.3) is 0 Å². The highest BCUT2D eigenvalue weighted by Crippen LogP contribution is 2.18. The fourth-order valence-electron chi connectivity index (χ4n) is 1.55. The lowest BCUT2D eigenvalue weighted by molar-refractivity contribution is 0.936. The fraction of sp³-hybridized carbons (Fsp3) is 0.154. The van der Waals surface area contributed by atoms with E-state index in [1.807, 2.05) is 12.4 Å². The molecule has 0 spiro atoms. The number of nitrogens with one attached hydrogen (secondary N) is 1. The molecule has 1 N–H and O–H groups in total. The number of hydrogen-bond acceptors (Lipinski definition) is 2. The van der Waals surface area contributed by atoms with Crippen LogP contribution >= 0.6 is 22.6 Å². The van der Waals surface area contributed by atoms with Gasteiger partial charge in [-0.25, -0.2) is 4.68 Å². The summed E-state index contributed by atoms with van der Waals surface area (Å²) in [6.45, 7) is 6.54. The van der Waals surface area contributed by atoms with Crippen molar-refractivity contribution in [2.24, 2.45) is 0 Å². The minimum Gasteiger partial charge on any atom is -0.381 e. The molecule has 0 unspecified atom stereocenters. The standard InChI is InChI=1S/C13H14IN3/c1-3-17-9-11(8-16-17)7-15-13-6-12(14)5-4-10(13)2/h3-6,8-9,15H,1,7H2,2H3. The second-order valence-electron chi connectivity index (χ2n) is 3.82. The summed E-state index contributed by atoms with van der Waals surface area (Å²) in [5.41, 5.74) is 3.56. The molecule has 1 aromatic carbocycles. The van der Waals surface area contributed by atoms with E-state index >= 15 is 0 Å². The molecule has 0 aliphatic heterocycles. The largest absolute Gasteiger partial charge is 0.381 e. The molecule has 88 valence electrons. The van der Waals surface area contributed by atoms with Crippen LogP contribution in [0.3, 0.4) is 0 Å². The predicted molar refractivity (Wildman–Crippen MR) is 79.8 cm³/mol. The van der Waals surface area contributed by atoms with Gasteiger partial charge in [-0.15, -0.1) is 0 Å². The lowest BCUT2D eigenvalue weighted by Crippen LogP contribution is -2.00. The topological polar surface area (TPSA) is 29.9 Å². The summed E-state index contributed by atoms with van der Waals surface area (Å²) in [5, 5.41) is 7.56. The van der Waals surface area contributed by atoms with E-state index in [1.165, 1.54) is 14.8 Å². The highest BCUT2D eigenvalue weighted by molar-refractivity contribution is 14.1. The van der Waals surface area contributed by atoms with Crippen LogP contribution < -0.4 is 5.32 Å². The normalized spacial score (nSPS) is 10.2. The second kappa shape index (κ2) is 5.35. The number of anilines is 1. The Labute approximate surface area is 115 Å². The number of hydrogen-bond donors (Lipinski definition) is 1. The van der Waals surface area contributed by atoms with E-state index in [-0.39, 0.29) is 0 Å². The third-order valence-corrected chi connectivity index (χ3v) is 3.20. The van der Waals surface area contributed by atoms with Crippen molar-refractivity contribution in [1.29, 1.82) is 0 Å². The quantitative estimate of drug-likeness (QED) is 0.864. The summed E-state index contributed by atoms with van der Waals surface area (Å²) in [4.78, 5) is 0. The van der Waals surface area contributed by atoms with E-state index < -0.39 is 0 Å². The van der Waals surface area contributed by atoms with Gasteiger partial charge in [0.2, 0.25) is 0 Å². The van der Waals surface area contributed by atoms with Crippen molar-refractivity contribution in [3.05, 3.63) is 51.9 Å². The van der Waals surface area contributed by atoms with Gasteiger partial charge in [-0.2, -0.15) is 5.10 Å². The van der Waals surface area contributed by atoms with Crippen molar-refractivity contribution in [3.63, 3.8) is 0 Å². The number of halogens is 1. The van der Waals surface area contributed by atoms with Gasteiger partial charge in [-0.1, -0.05) is 12.6 Å². The Morgan fingerprint density at radius 1 is 1.53 bits per heavy atom. The van der Waals surface area contributed by atoms with Crippen LogP contribution in [0, 0.1) is 10.5 Å². The lowest BCUT2D eigenvalue weighted by atomic mass is 10.2. The van der Waals surface area contributed by atoms with Gasteiger partial charge in [-0.05, 0) is 47.2 Å². The minimum atomic E-state index is 0.773. The summed E-state index contributed by atoms with van der Waals surface area (Å²) in [6.07, 6.45) is 5.49. The molecule has 2 rings (SSSR count). The van der Waals surface area contributed by atoms with Crippen molar-refractivity contribution in [2.75, 3.05) is 5.32 Å². The molecule has 0 fully saturated rings. The molecule has 0 bridgehead atoms. The summed E-state index contributed by atoms with van der Waals surface area (Å²) in [5.74, 6) is 0. The van der Waals surface area contributed by atoms with Gasteiger partial charge >= 0.3 is 0 Å². The molecular weight excluding hydrogens is 325 g/mol. The van der Waals surface area contributed by atoms with E-state index in [0.717, 1.165) is 12.1 Å². The van der Waals surface area contributed by atoms with E-state index in [0.29, 0.717) is 0 Å². The van der Waals surface area contributed by atoms with Crippen LogP contribution in [0.25, 0.3) is 6.20 Å². The van der Waals surface area contributed by atoms with Crippen LogP contribution in [0.4, 0.5) is 5.69 Å². The molecule has 0 aliphatic rings. The minimum absolute atomic E-state index is 0.773. The van der Waals surface area contributed by atoms with Crippen LogP contribution in [0.15, 0.2) is 37.2 Å². The van der Waals surface area contributed by atoms with Crippen LogP contribution in [-0.4, -0.2) is 9.78 Å². The Kier molecular flexibility index (Phi) is 3.83. The van der Waals surface area contributed by atoms with Gasteiger partial charge in [0.1, 0.15) is 0 Å². The van der Waals surface area contributed by atoms with Crippen molar-refractivity contribution >= 4 is 34.5 Å². The van der Waals surface area contributed by atoms with Gasteiger partial charge < -0.3 is 5.32 Å². The van der Waals surface area contributed by atoms with Gasteiger partial charge in [-0.3, -0.25) is 0 Å². The highest BCUT2D eigenvalue weighted by atomic mass is 127. The molecule has 2 aromatic rings. The molecule has 0 saturated heterocycles. The summed E-state index contributed by atoms with van der Waals surface area (Å²) in [7, 11) is 0. The number of benzene rings is 1. The van der Waals surface area contributed by atoms with Crippen molar-refractivity contribution in [3.8, 4) is 0 Å². The molecule has 0 radical (unpaired) electrons. The Morgan fingerprint density at radius 3 is 3.06 bits per heavy atom. The first-order valence-electron chi connectivity index (χ1n) is 5.34. The molecule has 0 amide bonds. The average molecular weight is 339 g/mol. The molecule has 3 nitrogen and oxygen atoms in total. The van der Waals surface area contributed by atoms with Crippen molar-refractivity contribution in [2.45, 2.75) is 13.5 Å². The van der Waals surface area contributed by atoms with Crippen molar-refractivity contribution in [1.82, 2.24) is 9.78 Å². The number of aryl methyl sites for hydroxylation is 1. The molecule has 0 atom stereocenters. The van der Waals surface area contributed by atoms with Crippen LogP contribution in [-0.2, 0) is 6.54 Å². The first kappa shape index (κ1) is 12.2. The predicted octanol–water partition coefficient (Wildman–Crippen LogP) is 3.51. The molecule has 1 aromatic heterocycles. The van der Waals surface area contributed by atoms with Gasteiger partial charge in [0, 0.05) is 33.8 Å². The zero-order valence-electron chi connectivity index (χ0n) is 9.65. The molecule has 0 aliphatic carbocycles. The van der Waals surface area contributed by atoms with E-state index in [9.17, 15) is 0 Å². The SMILES string of the molecule is C=Cn1cc(CNc2cc(I)ccc2C)cn1. The average Bonchev–Trinajstić information content (AvgIpc) is 2.78. The molecule has 0 saturated carbocycles. The Bertz CT molecular complexity index is 531. The van der Waals surface area contributed by atoms with E-state index in [2.05, 4.69) is 64.7 Å². The third kappa shape index (κ3) is 3.09. The Morgan fingerprint density at radius 2 is 2.35 bits per heavy atom. The van der Waals surface area contributed by atoms with E-state index in [1.54, 1.807) is 10.9 Å². The van der Waals surface area contributed by atoms with Crippen LogP contribution in [0.1, 0.15) is 11.1 Å². The first-order valence-corrected chi connectivity index (χ1v) is 6.42. The Hall–Kier alpha value is -1.30.